The zero-order chi connectivity index (χ0) is 18.4. The Morgan fingerprint density at radius 2 is 1.25 bits per heavy atom. The standard InChI is InChI=1S/C15H21BrO8/c1-7(17)21-6-11-5-12(16)14(23-9(3)19)15(24-10(4)20)13(11)22-8(2)18/h11-15H,5-6H2,1-4H3/t11-,12+,13-,14-,15+/m1/s1. The van der Waals surface area contributed by atoms with Crippen molar-refractivity contribution in [3.05, 3.63) is 0 Å². The number of hydrogen-bond donors (Lipinski definition) is 0. The molecule has 1 fully saturated rings. The summed E-state index contributed by atoms with van der Waals surface area (Å²) in [5.41, 5.74) is 0. The van der Waals surface area contributed by atoms with E-state index in [1.54, 1.807) is 0 Å². The zero-order valence-corrected chi connectivity index (χ0v) is 15.5. The van der Waals surface area contributed by atoms with Crippen molar-refractivity contribution in [2.75, 3.05) is 6.61 Å². The summed E-state index contributed by atoms with van der Waals surface area (Å²) in [6, 6.07) is 0. The maximum Gasteiger partial charge on any atom is 0.303 e. The molecule has 0 aromatic carbocycles. The molecule has 0 bridgehead atoms. The lowest BCUT2D eigenvalue weighted by Crippen LogP contribution is -2.57. The minimum absolute atomic E-state index is 0.0140. The van der Waals surface area contributed by atoms with Crippen LogP contribution in [0.25, 0.3) is 0 Å². The van der Waals surface area contributed by atoms with Crippen LogP contribution in [0.2, 0.25) is 0 Å². The number of rotatable bonds is 5. The fourth-order valence-corrected chi connectivity index (χ4v) is 3.51. The lowest BCUT2D eigenvalue weighted by molar-refractivity contribution is -0.198. The number of hydrogen-bond acceptors (Lipinski definition) is 8. The van der Waals surface area contributed by atoms with Gasteiger partial charge in [-0.2, -0.15) is 0 Å². The number of carbonyl (C=O) groups is 4. The van der Waals surface area contributed by atoms with E-state index in [-0.39, 0.29) is 11.4 Å². The molecule has 9 heteroatoms. The summed E-state index contributed by atoms with van der Waals surface area (Å²) in [6.07, 6.45) is -2.34. The SMILES string of the molecule is CC(=O)OC[C@H]1C[C@H](Br)[C@@H](OC(C)=O)[C@@H](OC(C)=O)[C@@H]1OC(C)=O. The molecular weight excluding hydrogens is 388 g/mol. The van der Waals surface area contributed by atoms with E-state index in [0.29, 0.717) is 6.42 Å². The molecule has 5 atom stereocenters. The van der Waals surface area contributed by atoms with Gasteiger partial charge in [-0.3, -0.25) is 19.2 Å². The second-order valence-corrected chi connectivity index (χ2v) is 6.71. The van der Waals surface area contributed by atoms with Gasteiger partial charge in [0.1, 0.15) is 6.10 Å². The van der Waals surface area contributed by atoms with Crippen molar-refractivity contribution in [3.63, 3.8) is 0 Å². The Bertz CT molecular complexity index is 506. The number of halogens is 1. The quantitative estimate of drug-likeness (QED) is 0.378. The van der Waals surface area contributed by atoms with Crippen LogP contribution in [0, 0.1) is 5.92 Å². The summed E-state index contributed by atoms with van der Waals surface area (Å²) >= 11 is 3.41. The van der Waals surface area contributed by atoms with Gasteiger partial charge in [0.15, 0.2) is 12.2 Å². The van der Waals surface area contributed by atoms with Gasteiger partial charge >= 0.3 is 23.9 Å². The molecule has 1 aliphatic carbocycles. The van der Waals surface area contributed by atoms with Gasteiger partial charge in [0.05, 0.1) is 11.4 Å². The Labute approximate surface area is 148 Å². The number of alkyl halides is 1. The van der Waals surface area contributed by atoms with Crippen molar-refractivity contribution in [1.29, 1.82) is 0 Å². The molecule has 0 aliphatic heterocycles. The lowest BCUT2D eigenvalue weighted by atomic mass is 9.82. The first-order valence-corrected chi connectivity index (χ1v) is 8.32. The monoisotopic (exact) mass is 408 g/mol. The maximum atomic E-state index is 11.5. The van der Waals surface area contributed by atoms with E-state index in [0.717, 1.165) is 0 Å². The zero-order valence-electron chi connectivity index (χ0n) is 13.9. The third-order valence-electron chi connectivity index (χ3n) is 3.40. The molecule has 0 aromatic heterocycles. The van der Waals surface area contributed by atoms with Gasteiger partial charge < -0.3 is 18.9 Å². The minimum Gasteiger partial charge on any atom is -0.465 e. The van der Waals surface area contributed by atoms with Crippen LogP contribution < -0.4 is 0 Å². The van der Waals surface area contributed by atoms with Gasteiger partial charge in [-0.1, -0.05) is 15.9 Å². The molecule has 0 unspecified atom stereocenters. The molecule has 0 N–H and O–H groups in total. The Balaban J connectivity index is 3.11. The van der Waals surface area contributed by atoms with E-state index in [4.69, 9.17) is 18.9 Å². The average Bonchev–Trinajstić information content (AvgIpc) is 2.42. The normalized spacial score (nSPS) is 29.3. The summed E-state index contributed by atoms with van der Waals surface area (Å²) in [6.45, 7) is 4.90. The van der Waals surface area contributed by atoms with E-state index in [9.17, 15) is 19.2 Å². The summed E-state index contributed by atoms with van der Waals surface area (Å²) in [7, 11) is 0. The Hall–Kier alpha value is -1.64. The van der Waals surface area contributed by atoms with E-state index >= 15 is 0 Å². The Morgan fingerprint density at radius 3 is 1.71 bits per heavy atom. The van der Waals surface area contributed by atoms with Crippen LogP contribution >= 0.6 is 15.9 Å². The summed E-state index contributed by atoms with van der Waals surface area (Å²) in [4.78, 5) is 45.0. The predicted molar refractivity (Wildman–Crippen MR) is 84.1 cm³/mol. The molecule has 8 nitrogen and oxygen atoms in total. The number of ether oxygens (including phenoxy) is 4. The molecular formula is C15H21BrO8. The summed E-state index contributed by atoms with van der Waals surface area (Å²) in [5, 5.41) is 0. The van der Waals surface area contributed by atoms with Gasteiger partial charge in [-0.25, -0.2) is 0 Å². The molecule has 1 saturated carbocycles. The van der Waals surface area contributed by atoms with Gasteiger partial charge in [0.25, 0.3) is 0 Å². The fraction of sp³-hybridized carbons (Fsp3) is 0.733. The highest BCUT2D eigenvalue weighted by Gasteiger charge is 2.50. The molecule has 0 saturated heterocycles. The molecule has 24 heavy (non-hydrogen) atoms. The molecule has 0 heterocycles. The third-order valence-corrected chi connectivity index (χ3v) is 4.30. The largest absolute Gasteiger partial charge is 0.465 e. The van der Waals surface area contributed by atoms with Crippen molar-refractivity contribution in [3.8, 4) is 0 Å². The van der Waals surface area contributed by atoms with Crippen molar-refractivity contribution >= 4 is 39.8 Å². The first-order chi connectivity index (χ1) is 11.1. The minimum atomic E-state index is -1.01. The molecule has 0 aromatic rings. The molecule has 136 valence electrons. The highest BCUT2D eigenvalue weighted by Crippen LogP contribution is 2.36. The van der Waals surface area contributed by atoms with Gasteiger partial charge in [0, 0.05) is 33.6 Å². The average molecular weight is 409 g/mol. The summed E-state index contributed by atoms with van der Waals surface area (Å²) < 4.78 is 20.8. The first kappa shape index (κ1) is 20.4. The first-order valence-electron chi connectivity index (χ1n) is 7.41. The van der Waals surface area contributed by atoms with Crippen LogP contribution in [0.1, 0.15) is 34.1 Å². The van der Waals surface area contributed by atoms with Crippen molar-refractivity contribution in [2.45, 2.75) is 57.3 Å². The Morgan fingerprint density at radius 1 is 0.792 bits per heavy atom. The second kappa shape index (κ2) is 9.00. The van der Waals surface area contributed by atoms with E-state index in [1.165, 1.54) is 27.7 Å². The topological polar surface area (TPSA) is 105 Å². The van der Waals surface area contributed by atoms with Crippen molar-refractivity contribution < 1.29 is 38.1 Å². The van der Waals surface area contributed by atoms with Gasteiger partial charge in [-0.15, -0.1) is 0 Å². The van der Waals surface area contributed by atoms with E-state index in [1.807, 2.05) is 0 Å². The van der Waals surface area contributed by atoms with Gasteiger partial charge in [0.2, 0.25) is 0 Å². The highest BCUT2D eigenvalue weighted by molar-refractivity contribution is 9.09. The summed E-state index contributed by atoms with van der Waals surface area (Å²) in [5.74, 6) is -2.64. The number of esters is 4. The fourth-order valence-electron chi connectivity index (χ4n) is 2.62. The highest BCUT2D eigenvalue weighted by atomic mass is 79.9. The van der Waals surface area contributed by atoms with Crippen LogP contribution in [0.3, 0.4) is 0 Å². The van der Waals surface area contributed by atoms with Crippen LogP contribution in [0.15, 0.2) is 0 Å². The molecule has 0 amide bonds. The Kier molecular flexibility index (Phi) is 7.65. The van der Waals surface area contributed by atoms with Crippen molar-refractivity contribution in [1.82, 2.24) is 0 Å². The van der Waals surface area contributed by atoms with Gasteiger partial charge in [-0.05, 0) is 6.42 Å². The van der Waals surface area contributed by atoms with Crippen LogP contribution in [0.5, 0.6) is 0 Å². The molecule has 1 aliphatic rings. The van der Waals surface area contributed by atoms with E-state index in [2.05, 4.69) is 15.9 Å². The van der Waals surface area contributed by atoms with Crippen LogP contribution in [-0.4, -0.2) is 53.6 Å². The number of carbonyl (C=O) groups excluding carboxylic acids is 4. The second-order valence-electron chi connectivity index (χ2n) is 5.54. The third kappa shape index (κ3) is 6.10. The predicted octanol–water partition coefficient (Wildman–Crippen LogP) is 1.13. The van der Waals surface area contributed by atoms with Crippen molar-refractivity contribution in [2.24, 2.45) is 5.92 Å². The molecule has 1 rings (SSSR count). The molecule has 0 spiro atoms. The van der Waals surface area contributed by atoms with Crippen LogP contribution in [-0.2, 0) is 38.1 Å². The van der Waals surface area contributed by atoms with E-state index < -0.39 is 48.1 Å². The molecule has 0 radical (unpaired) electrons. The maximum absolute atomic E-state index is 11.5. The van der Waals surface area contributed by atoms with Crippen LogP contribution in [0.4, 0.5) is 0 Å². The smallest absolute Gasteiger partial charge is 0.303 e. The lowest BCUT2D eigenvalue weighted by Gasteiger charge is -2.42.